The van der Waals surface area contributed by atoms with E-state index in [0.29, 0.717) is 11.5 Å². The van der Waals surface area contributed by atoms with Crippen LogP contribution in [0, 0.1) is 5.92 Å². The summed E-state index contributed by atoms with van der Waals surface area (Å²) < 4.78 is 5.73. The van der Waals surface area contributed by atoms with Gasteiger partial charge in [0.05, 0.1) is 6.61 Å². The zero-order chi connectivity index (χ0) is 12.1. The summed E-state index contributed by atoms with van der Waals surface area (Å²) in [5, 5.41) is 11.6. The number of rotatable bonds is 4. The van der Waals surface area contributed by atoms with E-state index < -0.39 is 0 Å². The second kappa shape index (κ2) is 5.57. The minimum atomic E-state index is 0.108. The van der Waals surface area contributed by atoms with Crippen LogP contribution in [-0.2, 0) is 0 Å². The Bertz CT molecular complexity index is 398. The van der Waals surface area contributed by atoms with Gasteiger partial charge in [-0.3, -0.25) is 0 Å². The van der Waals surface area contributed by atoms with Crippen molar-refractivity contribution in [2.45, 2.75) is 25.7 Å². The number of ether oxygens (including phenoxy) is 1. The third-order valence-electron chi connectivity index (χ3n) is 3.20. The van der Waals surface area contributed by atoms with Crippen LogP contribution < -0.4 is 10.5 Å². The minimum Gasteiger partial charge on any atom is -0.493 e. The SMILES string of the molecule is NC(=NO)c1cccc(OCC2CCCC2)c1. The molecule has 4 heteroatoms. The van der Waals surface area contributed by atoms with E-state index in [1.165, 1.54) is 25.7 Å². The highest BCUT2D eigenvalue weighted by molar-refractivity contribution is 5.97. The van der Waals surface area contributed by atoms with Crippen molar-refractivity contribution in [1.82, 2.24) is 0 Å². The maximum absolute atomic E-state index is 8.60. The van der Waals surface area contributed by atoms with Gasteiger partial charge in [0, 0.05) is 5.56 Å². The predicted molar refractivity (Wildman–Crippen MR) is 66.4 cm³/mol. The lowest BCUT2D eigenvalue weighted by atomic mass is 10.1. The third kappa shape index (κ3) is 3.12. The van der Waals surface area contributed by atoms with Crippen LogP contribution in [0.3, 0.4) is 0 Å². The van der Waals surface area contributed by atoms with Gasteiger partial charge in [0.1, 0.15) is 5.75 Å². The van der Waals surface area contributed by atoms with Gasteiger partial charge >= 0.3 is 0 Å². The van der Waals surface area contributed by atoms with Crippen molar-refractivity contribution in [1.29, 1.82) is 0 Å². The first kappa shape index (κ1) is 11.8. The van der Waals surface area contributed by atoms with Crippen molar-refractivity contribution in [3.8, 4) is 5.75 Å². The number of nitrogens with zero attached hydrogens (tertiary/aromatic N) is 1. The Morgan fingerprint density at radius 3 is 2.88 bits per heavy atom. The number of hydrogen-bond acceptors (Lipinski definition) is 3. The molecule has 1 aliphatic carbocycles. The van der Waals surface area contributed by atoms with Gasteiger partial charge in [-0.05, 0) is 30.9 Å². The van der Waals surface area contributed by atoms with Gasteiger partial charge in [0.25, 0.3) is 0 Å². The Hall–Kier alpha value is -1.71. The first-order valence-electron chi connectivity index (χ1n) is 6.00. The molecule has 92 valence electrons. The third-order valence-corrected chi connectivity index (χ3v) is 3.20. The molecule has 0 radical (unpaired) electrons. The molecule has 1 aromatic rings. The molecule has 0 unspecified atom stereocenters. The van der Waals surface area contributed by atoms with Crippen molar-refractivity contribution < 1.29 is 9.94 Å². The normalized spacial score (nSPS) is 17.3. The fraction of sp³-hybridized carbons (Fsp3) is 0.462. The molecule has 0 atom stereocenters. The van der Waals surface area contributed by atoms with Crippen LogP contribution >= 0.6 is 0 Å². The van der Waals surface area contributed by atoms with Gasteiger partial charge in [0.15, 0.2) is 5.84 Å². The smallest absolute Gasteiger partial charge is 0.170 e. The molecule has 0 heterocycles. The van der Waals surface area contributed by atoms with E-state index in [-0.39, 0.29) is 5.84 Å². The van der Waals surface area contributed by atoms with Crippen LogP contribution in [0.5, 0.6) is 5.75 Å². The molecule has 4 nitrogen and oxygen atoms in total. The van der Waals surface area contributed by atoms with Crippen molar-refractivity contribution >= 4 is 5.84 Å². The fourth-order valence-electron chi connectivity index (χ4n) is 2.19. The average molecular weight is 234 g/mol. The van der Waals surface area contributed by atoms with Crippen molar-refractivity contribution in [3.05, 3.63) is 29.8 Å². The first-order chi connectivity index (χ1) is 8.29. The van der Waals surface area contributed by atoms with Crippen LogP contribution in [0.25, 0.3) is 0 Å². The van der Waals surface area contributed by atoms with E-state index in [2.05, 4.69) is 5.16 Å². The second-order valence-corrected chi connectivity index (χ2v) is 4.47. The van der Waals surface area contributed by atoms with Gasteiger partial charge in [-0.25, -0.2) is 0 Å². The average Bonchev–Trinajstić information content (AvgIpc) is 2.89. The van der Waals surface area contributed by atoms with Crippen LogP contribution in [0.2, 0.25) is 0 Å². The van der Waals surface area contributed by atoms with Gasteiger partial charge in [-0.15, -0.1) is 0 Å². The highest BCUT2D eigenvalue weighted by Gasteiger charge is 2.15. The molecule has 1 aromatic carbocycles. The molecule has 3 N–H and O–H groups in total. The topological polar surface area (TPSA) is 67.8 Å². The molecule has 0 aliphatic heterocycles. The summed E-state index contributed by atoms with van der Waals surface area (Å²) in [6.45, 7) is 0.764. The van der Waals surface area contributed by atoms with E-state index in [1.54, 1.807) is 12.1 Å². The highest BCUT2D eigenvalue weighted by atomic mass is 16.5. The Kier molecular flexibility index (Phi) is 3.85. The Morgan fingerprint density at radius 2 is 2.18 bits per heavy atom. The van der Waals surface area contributed by atoms with Crippen LogP contribution in [-0.4, -0.2) is 17.6 Å². The number of amidine groups is 1. The first-order valence-corrected chi connectivity index (χ1v) is 6.00. The zero-order valence-corrected chi connectivity index (χ0v) is 9.80. The number of oxime groups is 1. The molecule has 0 aromatic heterocycles. The van der Waals surface area contributed by atoms with Gasteiger partial charge in [-0.1, -0.05) is 30.1 Å². The summed E-state index contributed by atoms with van der Waals surface area (Å²) in [7, 11) is 0. The van der Waals surface area contributed by atoms with Gasteiger partial charge < -0.3 is 15.7 Å². The van der Waals surface area contributed by atoms with Crippen LogP contribution in [0.4, 0.5) is 0 Å². The van der Waals surface area contributed by atoms with Crippen molar-refractivity contribution in [2.24, 2.45) is 16.8 Å². The summed E-state index contributed by atoms with van der Waals surface area (Å²) in [4.78, 5) is 0. The Labute approximate surface area is 101 Å². The van der Waals surface area contributed by atoms with Gasteiger partial charge in [0.2, 0.25) is 0 Å². The van der Waals surface area contributed by atoms with E-state index in [1.807, 2.05) is 12.1 Å². The monoisotopic (exact) mass is 234 g/mol. The summed E-state index contributed by atoms with van der Waals surface area (Å²) in [6.07, 6.45) is 5.16. The van der Waals surface area contributed by atoms with E-state index >= 15 is 0 Å². The molecular weight excluding hydrogens is 216 g/mol. The molecular formula is C13H18N2O2. The number of hydrogen-bond donors (Lipinski definition) is 2. The molecule has 0 spiro atoms. The van der Waals surface area contributed by atoms with Crippen molar-refractivity contribution in [2.75, 3.05) is 6.61 Å². The quantitative estimate of drug-likeness (QED) is 0.363. The van der Waals surface area contributed by atoms with E-state index in [0.717, 1.165) is 12.4 Å². The molecule has 1 aliphatic rings. The predicted octanol–water partition coefficient (Wildman–Crippen LogP) is 2.35. The molecule has 1 fully saturated rings. The Balaban J connectivity index is 1.96. The Morgan fingerprint density at radius 1 is 1.41 bits per heavy atom. The van der Waals surface area contributed by atoms with Crippen LogP contribution in [0.15, 0.2) is 29.4 Å². The second-order valence-electron chi connectivity index (χ2n) is 4.47. The van der Waals surface area contributed by atoms with Gasteiger partial charge in [-0.2, -0.15) is 0 Å². The minimum absolute atomic E-state index is 0.108. The number of benzene rings is 1. The molecule has 0 saturated heterocycles. The fourth-order valence-corrected chi connectivity index (χ4v) is 2.19. The summed E-state index contributed by atoms with van der Waals surface area (Å²) in [5.74, 6) is 1.57. The maximum Gasteiger partial charge on any atom is 0.170 e. The highest BCUT2D eigenvalue weighted by Crippen LogP contribution is 2.25. The summed E-state index contributed by atoms with van der Waals surface area (Å²) in [6, 6.07) is 7.32. The summed E-state index contributed by atoms with van der Waals surface area (Å²) in [5.41, 5.74) is 6.20. The number of nitrogens with two attached hydrogens (primary N) is 1. The van der Waals surface area contributed by atoms with E-state index in [4.69, 9.17) is 15.7 Å². The maximum atomic E-state index is 8.60. The molecule has 0 amide bonds. The van der Waals surface area contributed by atoms with Crippen LogP contribution in [0.1, 0.15) is 31.2 Å². The van der Waals surface area contributed by atoms with Crippen molar-refractivity contribution in [3.63, 3.8) is 0 Å². The molecule has 0 bridgehead atoms. The molecule has 17 heavy (non-hydrogen) atoms. The standard InChI is InChI=1S/C13H18N2O2/c14-13(15-16)11-6-3-7-12(8-11)17-9-10-4-1-2-5-10/h3,6-8,10,16H,1-2,4-5,9H2,(H2,14,15). The van der Waals surface area contributed by atoms with E-state index in [9.17, 15) is 0 Å². The molecule has 2 rings (SSSR count). The lowest BCUT2D eigenvalue weighted by Gasteiger charge is -2.11. The zero-order valence-electron chi connectivity index (χ0n) is 9.80. The molecule has 1 saturated carbocycles. The summed E-state index contributed by atoms with van der Waals surface area (Å²) >= 11 is 0. The largest absolute Gasteiger partial charge is 0.493 e. The lowest BCUT2D eigenvalue weighted by Crippen LogP contribution is -2.13. The lowest BCUT2D eigenvalue weighted by molar-refractivity contribution is 0.252.